The van der Waals surface area contributed by atoms with Gasteiger partial charge in [-0.25, -0.2) is 0 Å². The molecule has 5 nitrogen and oxygen atoms in total. The number of benzene rings is 3. The van der Waals surface area contributed by atoms with Crippen LogP contribution in [0.15, 0.2) is 91.0 Å². The minimum atomic E-state index is -1.08. The first-order valence-corrected chi connectivity index (χ1v) is 9.41. The lowest BCUT2D eigenvalue weighted by atomic mass is 9.59. The number of carbonyl (C=O) groups is 2. The summed E-state index contributed by atoms with van der Waals surface area (Å²) in [5.41, 5.74) is 13.7. The van der Waals surface area contributed by atoms with E-state index in [9.17, 15) is 14.7 Å². The van der Waals surface area contributed by atoms with Crippen LogP contribution in [0.1, 0.15) is 23.1 Å². The van der Waals surface area contributed by atoms with E-state index < -0.39 is 29.3 Å². The van der Waals surface area contributed by atoms with Gasteiger partial charge < -0.3 is 16.6 Å². The first-order valence-electron chi connectivity index (χ1n) is 9.41. The lowest BCUT2D eigenvalue weighted by molar-refractivity contribution is -0.138. The van der Waals surface area contributed by atoms with Gasteiger partial charge in [0.2, 0.25) is 5.91 Å². The van der Waals surface area contributed by atoms with Crippen molar-refractivity contribution in [2.75, 3.05) is 0 Å². The Hall–Kier alpha value is -3.44. The van der Waals surface area contributed by atoms with Crippen LogP contribution >= 0.6 is 0 Å². The third-order valence-corrected chi connectivity index (χ3v) is 5.30. The van der Waals surface area contributed by atoms with E-state index in [1.54, 1.807) is 0 Å². The fourth-order valence-corrected chi connectivity index (χ4v) is 4.21. The molecule has 2 atom stereocenters. The zero-order valence-electron chi connectivity index (χ0n) is 15.9. The molecule has 0 saturated heterocycles. The summed E-state index contributed by atoms with van der Waals surface area (Å²) in [6.07, 6.45) is -0.373. The molecule has 0 bridgehead atoms. The van der Waals surface area contributed by atoms with Crippen molar-refractivity contribution in [2.45, 2.75) is 17.9 Å². The molecule has 0 fully saturated rings. The molecule has 3 aromatic rings. The third-order valence-electron chi connectivity index (χ3n) is 5.30. The Morgan fingerprint density at radius 1 is 0.759 bits per heavy atom. The molecule has 3 aromatic carbocycles. The molecule has 5 N–H and O–H groups in total. The molecule has 0 spiro atoms. The number of rotatable bonds is 8. The lowest BCUT2D eigenvalue weighted by Gasteiger charge is -2.43. The number of primary amides is 1. The van der Waals surface area contributed by atoms with Crippen LogP contribution in [0.2, 0.25) is 0 Å². The van der Waals surface area contributed by atoms with Gasteiger partial charge in [0, 0.05) is 6.04 Å². The van der Waals surface area contributed by atoms with E-state index in [2.05, 4.69) is 0 Å². The summed E-state index contributed by atoms with van der Waals surface area (Å²) >= 11 is 0. The predicted molar refractivity (Wildman–Crippen MR) is 112 cm³/mol. The molecular weight excluding hydrogens is 364 g/mol. The second-order valence-electron chi connectivity index (χ2n) is 7.05. The SMILES string of the molecule is NC(=O)C(C(N)CC(=O)O)C(c1ccccc1)(c1ccccc1)c1ccccc1. The number of carboxylic acid groups (broad SMARTS) is 1. The van der Waals surface area contributed by atoms with E-state index in [-0.39, 0.29) is 6.42 Å². The van der Waals surface area contributed by atoms with E-state index in [0.29, 0.717) is 0 Å². The standard InChI is InChI=1S/C24H24N2O3/c25-20(16-21(27)28)22(23(26)29)24(17-10-4-1-5-11-17,18-12-6-2-7-13-18)19-14-8-3-9-15-19/h1-15,20,22H,16,25H2,(H2,26,29)(H,27,28). The molecule has 29 heavy (non-hydrogen) atoms. The highest BCUT2D eigenvalue weighted by molar-refractivity contribution is 5.83. The molecular formula is C24H24N2O3. The van der Waals surface area contributed by atoms with Crippen LogP contribution in [0.4, 0.5) is 0 Å². The minimum Gasteiger partial charge on any atom is -0.481 e. The van der Waals surface area contributed by atoms with Gasteiger partial charge in [-0.3, -0.25) is 9.59 Å². The van der Waals surface area contributed by atoms with Crippen LogP contribution in [0.25, 0.3) is 0 Å². The molecule has 0 aliphatic rings. The third kappa shape index (κ3) is 3.91. The van der Waals surface area contributed by atoms with Crippen molar-refractivity contribution in [1.82, 2.24) is 0 Å². The summed E-state index contributed by atoms with van der Waals surface area (Å²) in [5.74, 6) is -2.70. The molecule has 0 heterocycles. The van der Waals surface area contributed by atoms with Gasteiger partial charge in [0.15, 0.2) is 0 Å². The van der Waals surface area contributed by atoms with Crippen LogP contribution in [0.3, 0.4) is 0 Å². The molecule has 0 radical (unpaired) electrons. The van der Waals surface area contributed by atoms with E-state index in [1.165, 1.54) is 0 Å². The van der Waals surface area contributed by atoms with E-state index in [0.717, 1.165) is 16.7 Å². The fourth-order valence-electron chi connectivity index (χ4n) is 4.21. The van der Waals surface area contributed by atoms with Gasteiger partial charge in [-0.15, -0.1) is 0 Å². The van der Waals surface area contributed by atoms with Crippen LogP contribution in [-0.4, -0.2) is 23.0 Å². The normalized spacial score (nSPS) is 13.4. The number of carboxylic acids is 1. The van der Waals surface area contributed by atoms with E-state index in [1.807, 2.05) is 91.0 Å². The Labute approximate surface area is 170 Å². The van der Waals surface area contributed by atoms with Crippen molar-refractivity contribution in [3.63, 3.8) is 0 Å². The average Bonchev–Trinajstić information content (AvgIpc) is 2.73. The molecule has 1 amide bonds. The van der Waals surface area contributed by atoms with Crippen molar-refractivity contribution in [3.8, 4) is 0 Å². The summed E-state index contributed by atoms with van der Waals surface area (Å²) in [4.78, 5) is 24.3. The number of aliphatic carboxylic acids is 1. The molecule has 2 unspecified atom stereocenters. The first-order chi connectivity index (χ1) is 14.0. The minimum absolute atomic E-state index is 0.373. The van der Waals surface area contributed by atoms with Crippen molar-refractivity contribution >= 4 is 11.9 Å². The first kappa shape index (κ1) is 20.3. The summed E-state index contributed by atoms with van der Waals surface area (Å²) in [5, 5.41) is 9.36. The highest BCUT2D eigenvalue weighted by Gasteiger charge is 2.49. The van der Waals surface area contributed by atoms with Crippen molar-refractivity contribution < 1.29 is 14.7 Å². The maximum atomic E-state index is 12.8. The van der Waals surface area contributed by atoms with Gasteiger partial charge in [-0.05, 0) is 16.7 Å². The summed E-state index contributed by atoms with van der Waals surface area (Å²) in [6, 6.07) is 27.5. The quantitative estimate of drug-likeness (QED) is 0.516. The number of carbonyl (C=O) groups excluding carboxylic acids is 1. The Bertz CT molecular complexity index is 863. The summed E-state index contributed by atoms with van der Waals surface area (Å²) < 4.78 is 0. The number of hydrogen-bond donors (Lipinski definition) is 3. The van der Waals surface area contributed by atoms with Crippen molar-refractivity contribution in [2.24, 2.45) is 17.4 Å². The highest BCUT2D eigenvalue weighted by atomic mass is 16.4. The van der Waals surface area contributed by atoms with Crippen LogP contribution in [0.5, 0.6) is 0 Å². The zero-order chi connectivity index (χ0) is 20.9. The van der Waals surface area contributed by atoms with Crippen molar-refractivity contribution in [1.29, 1.82) is 0 Å². The molecule has 148 valence electrons. The second kappa shape index (κ2) is 8.71. The van der Waals surface area contributed by atoms with Crippen molar-refractivity contribution in [3.05, 3.63) is 108 Å². The van der Waals surface area contributed by atoms with Crippen LogP contribution < -0.4 is 11.5 Å². The summed E-state index contributed by atoms with van der Waals surface area (Å²) in [6.45, 7) is 0. The number of hydrogen-bond acceptors (Lipinski definition) is 3. The molecule has 5 heteroatoms. The van der Waals surface area contributed by atoms with Gasteiger partial charge >= 0.3 is 5.97 Å². The number of amides is 1. The molecule has 0 aliphatic carbocycles. The Morgan fingerprint density at radius 3 is 1.38 bits per heavy atom. The lowest BCUT2D eigenvalue weighted by Crippen LogP contribution is -2.54. The smallest absolute Gasteiger partial charge is 0.304 e. The van der Waals surface area contributed by atoms with Gasteiger partial charge in [-0.1, -0.05) is 91.0 Å². The van der Waals surface area contributed by atoms with Crippen LogP contribution in [0, 0.1) is 5.92 Å². The summed E-state index contributed by atoms with van der Waals surface area (Å²) in [7, 11) is 0. The largest absolute Gasteiger partial charge is 0.481 e. The predicted octanol–water partition coefficient (Wildman–Crippen LogP) is 2.92. The monoisotopic (exact) mass is 388 g/mol. The zero-order valence-corrected chi connectivity index (χ0v) is 15.9. The number of nitrogens with two attached hydrogens (primary N) is 2. The van der Waals surface area contributed by atoms with Gasteiger partial charge in [0.25, 0.3) is 0 Å². The maximum Gasteiger partial charge on any atom is 0.304 e. The Morgan fingerprint density at radius 2 is 1.10 bits per heavy atom. The maximum absolute atomic E-state index is 12.8. The van der Waals surface area contributed by atoms with E-state index >= 15 is 0 Å². The van der Waals surface area contributed by atoms with E-state index in [4.69, 9.17) is 11.5 Å². The topological polar surface area (TPSA) is 106 Å². The Balaban J connectivity index is 2.41. The fraction of sp³-hybridized carbons (Fsp3) is 0.167. The molecule has 0 aromatic heterocycles. The molecule has 0 saturated carbocycles. The average molecular weight is 388 g/mol. The molecule has 0 aliphatic heterocycles. The van der Waals surface area contributed by atoms with Gasteiger partial charge in [-0.2, -0.15) is 0 Å². The Kier molecular flexibility index (Phi) is 6.10. The second-order valence-corrected chi connectivity index (χ2v) is 7.05. The van der Waals surface area contributed by atoms with Gasteiger partial charge in [0.05, 0.1) is 17.8 Å². The molecule has 3 rings (SSSR count). The van der Waals surface area contributed by atoms with Crippen LogP contribution in [-0.2, 0) is 15.0 Å². The van der Waals surface area contributed by atoms with Gasteiger partial charge in [0.1, 0.15) is 0 Å². The highest BCUT2D eigenvalue weighted by Crippen LogP contribution is 2.46.